The SMILES string of the molecule is COCCOc1cc(C)ccc1NC1CCS(=O)CC1. The molecule has 0 aromatic heterocycles. The third kappa shape index (κ3) is 4.49. The molecule has 1 N–H and O–H groups in total. The highest BCUT2D eigenvalue weighted by atomic mass is 32.2. The predicted octanol–water partition coefficient (Wildman–Crippen LogP) is 2.34. The van der Waals surface area contributed by atoms with E-state index in [2.05, 4.69) is 24.4 Å². The summed E-state index contributed by atoms with van der Waals surface area (Å²) in [4.78, 5) is 0. The van der Waals surface area contributed by atoms with Gasteiger partial charge in [0.05, 0.1) is 12.3 Å². The van der Waals surface area contributed by atoms with Crippen LogP contribution in [0.15, 0.2) is 18.2 Å². The standard InChI is InChI=1S/C15H23NO3S/c1-12-3-4-14(15(11-12)19-8-7-18-2)16-13-5-9-20(17)10-6-13/h3-4,11,13,16H,5-10H2,1-2H3. The molecule has 4 nitrogen and oxygen atoms in total. The molecule has 0 bridgehead atoms. The van der Waals surface area contributed by atoms with Crippen LogP contribution in [0.25, 0.3) is 0 Å². The van der Waals surface area contributed by atoms with E-state index >= 15 is 0 Å². The number of methoxy groups -OCH3 is 1. The van der Waals surface area contributed by atoms with Gasteiger partial charge in [-0.15, -0.1) is 0 Å². The van der Waals surface area contributed by atoms with Crippen molar-refractivity contribution < 1.29 is 13.7 Å². The Morgan fingerprint density at radius 1 is 1.30 bits per heavy atom. The molecule has 0 atom stereocenters. The summed E-state index contributed by atoms with van der Waals surface area (Å²) in [5.41, 5.74) is 2.19. The van der Waals surface area contributed by atoms with Crippen LogP contribution in [0.3, 0.4) is 0 Å². The minimum Gasteiger partial charge on any atom is -0.489 e. The maximum Gasteiger partial charge on any atom is 0.142 e. The lowest BCUT2D eigenvalue weighted by molar-refractivity contribution is 0.146. The van der Waals surface area contributed by atoms with Gasteiger partial charge in [0, 0.05) is 35.5 Å². The largest absolute Gasteiger partial charge is 0.489 e. The molecule has 1 fully saturated rings. The first-order valence-electron chi connectivity index (χ1n) is 7.03. The van der Waals surface area contributed by atoms with Gasteiger partial charge in [-0.3, -0.25) is 4.21 Å². The Hall–Kier alpha value is -1.07. The summed E-state index contributed by atoms with van der Waals surface area (Å²) >= 11 is 0. The van der Waals surface area contributed by atoms with Gasteiger partial charge in [0.25, 0.3) is 0 Å². The first-order valence-corrected chi connectivity index (χ1v) is 8.51. The minimum absolute atomic E-state index is 0.389. The van der Waals surface area contributed by atoms with Crippen LogP contribution in [0.1, 0.15) is 18.4 Å². The van der Waals surface area contributed by atoms with Crippen molar-refractivity contribution in [3.63, 3.8) is 0 Å². The molecular weight excluding hydrogens is 274 g/mol. The van der Waals surface area contributed by atoms with Crippen LogP contribution >= 0.6 is 0 Å². The Morgan fingerprint density at radius 3 is 2.75 bits per heavy atom. The highest BCUT2D eigenvalue weighted by Crippen LogP contribution is 2.28. The minimum atomic E-state index is -0.622. The molecule has 20 heavy (non-hydrogen) atoms. The molecule has 1 saturated heterocycles. The van der Waals surface area contributed by atoms with Crippen LogP contribution < -0.4 is 10.1 Å². The maximum atomic E-state index is 11.4. The van der Waals surface area contributed by atoms with Crippen molar-refractivity contribution in [2.75, 3.05) is 37.1 Å². The molecule has 0 radical (unpaired) electrons. The number of aryl methyl sites for hydroxylation is 1. The normalized spacial score (nSPS) is 22.5. The molecule has 0 spiro atoms. The zero-order valence-corrected chi connectivity index (χ0v) is 13.0. The second-order valence-electron chi connectivity index (χ2n) is 5.11. The van der Waals surface area contributed by atoms with E-state index in [0.717, 1.165) is 35.8 Å². The van der Waals surface area contributed by atoms with Crippen LogP contribution in [-0.2, 0) is 15.5 Å². The lowest BCUT2D eigenvalue weighted by Crippen LogP contribution is -2.29. The number of nitrogens with one attached hydrogen (secondary N) is 1. The maximum absolute atomic E-state index is 11.4. The second kappa shape index (κ2) is 7.64. The van der Waals surface area contributed by atoms with Gasteiger partial charge in [-0.05, 0) is 37.5 Å². The number of ether oxygens (including phenoxy) is 2. The fourth-order valence-corrected chi connectivity index (χ4v) is 3.56. The number of hydrogen-bond acceptors (Lipinski definition) is 4. The van der Waals surface area contributed by atoms with E-state index in [1.54, 1.807) is 7.11 Å². The van der Waals surface area contributed by atoms with Crippen LogP contribution in [0.5, 0.6) is 5.75 Å². The molecule has 0 saturated carbocycles. The molecule has 0 aliphatic carbocycles. The van der Waals surface area contributed by atoms with Crippen molar-refractivity contribution in [2.24, 2.45) is 0 Å². The summed E-state index contributed by atoms with van der Waals surface area (Å²) < 4.78 is 22.2. The van der Waals surface area contributed by atoms with E-state index < -0.39 is 10.8 Å². The van der Waals surface area contributed by atoms with Crippen LogP contribution in [0.4, 0.5) is 5.69 Å². The van der Waals surface area contributed by atoms with Crippen LogP contribution in [-0.4, -0.2) is 42.1 Å². The topological polar surface area (TPSA) is 47.6 Å². The summed E-state index contributed by atoms with van der Waals surface area (Å²) in [7, 11) is 1.05. The van der Waals surface area contributed by atoms with E-state index in [1.165, 1.54) is 5.56 Å². The highest BCUT2D eigenvalue weighted by Gasteiger charge is 2.18. The molecule has 5 heteroatoms. The molecular formula is C15H23NO3S. The summed E-state index contributed by atoms with van der Waals surface area (Å²) in [5.74, 6) is 2.46. The third-order valence-electron chi connectivity index (χ3n) is 3.43. The molecule has 1 aliphatic heterocycles. The van der Waals surface area contributed by atoms with Gasteiger partial charge in [-0.25, -0.2) is 0 Å². The number of anilines is 1. The fraction of sp³-hybridized carbons (Fsp3) is 0.600. The van der Waals surface area contributed by atoms with E-state index in [0.29, 0.717) is 19.3 Å². The zero-order chi connectivity index (χ0) is 14.4. The Balaban J connectivity index is 2.00. The Bertz CT molecular complexity index is 454. The molecule has 2 rings (SSSR count). The van der Waals surface area contributed by atoms with E-state index in [-0.39, 0.29) is 0 Å². The Kier molecular flexibility index (Phi) is 5.86. The van der Waals surface area contributed by atoms with Gasteiger partial charge in [0.2, 0.25) is 0 Å². The van der Waals surface area contributed by atoms with Crippen molar-refractivity contribution in [1.29, 1.82) is 0 Å². The van der Waals surface area contributed by atoms with Gasteiger partial charge in [-0.1, -0.05) is 6.07 Å². The molecule has 112 valence electrons. The summed E-state index contributed by atoms with van der Waals surface area (Å²) in [6, 6.07) is 6.56. The van der Waals surface area contributed by atoms with Crippen molar-refractivity contribution in [3.05, 3.63) is 23.8 Å². The number of hydrogen-bond donors (Lipinski definition) is 1. The molecule has 1 aromatic carbocycles. The molecule has 0 unspecified atom stereocenters. The van der Waals surface area contributed by atoms with Crippen LogP contribution in [0.2, 0.25) is 0 Å². The van der Waals surface area contributed by atoms with Gasteiger partial charge in [-0.2, -0.15) is 0 Å². The summed E-state index contributed by atoms with van der Waals surface area (Å²) in [5, 5.41) is 3.52. The molecule has 0 amide bonds. The van der Waals surface area contributed by atoms with E-state index in [4.69, 9.17) is 9.47 Å². The van der Waals surface area contributed by atoms with Gasteiger partial charge < -0.3 is 14.8 Å². The first-order chi connectivity index (χ1) is 9.69. The quantitative estimate of drug-likeness (QED) is 0.819. The highest BCUT2D eigenvalue weighted by molar-refractivity contribution is 7.85. The predicted molar refractivity (Wildman–Crippen MR) is 83.1 cm³/mol. The van der Waals surface area contributed by atoms with Crippen molar-refractivity contribution in [1.82, 2.24) is 0 Å². The third-order valence-corrected chi connectivity index (χ3v) is 4.81. The van der Waals surface area contributed by atoms with E-state index in [9.17, 15) is 4.21 Å². The first kappa shape index (κ1) is 15.3. The lowest BCUT2D eigenvalue weighted by Gasteiger charge is -2.25. The smallest absolute Gasteiger partial charge is 0.142 e. The Labute approximate surface area is 123 Å². The van der Waals surface area contributed by atoms with E-state index in [1.807, 2.05) is 6.07 Å². The Morgan fingerprint density at radius 2 is 2.05 bits per heavy atom. The number of rotatable bonds is 6. The van der Waals surface area contributed by atoms with Crippen molar-refractivity contribution >= 4 is 16.5 Å². The lowest BCUT2D eigenvalue weighted by atomic mass is 10.1. The number of benzene rings is 1. The van der Waals surface area contributed by atoms with Gasteiger partial charge >= 0.3 is 0 Å². The average molecular weight is 297 g/mol. The summed E-state index contributed by atoms with van der Waals surface area (Å²) in [6.45, 7) is 3.18. The molecule has 1 aromatic rings. The van der Waals surface area contributed by atoms with Crippen LogP contribution in [0, 0.1) is 6.92 Å². The van der Waals surface area contributed by atoms with Gasteiger partial charge in [0.15, 0.2) is 0 Å². The molecule has 1 heterocycles. The van der Waals surface area contributed by atoms with Crippen molar-refractivity contribution in [2.45, 2.75) is 25.8 Å². The van der Waals surface area contributed by atoms with Gasteiger partial charge in [0.1, 0.15) is 12.4 Å². The van der Waals surface area contributed by atoms with Crippen molar-refractivity contribution in [3.8, 4) is 5.75 Å². The fourth-order valence-electron chi connectivity index (χ4n) is 2.26. The molecule has 1 aliphatic rings. The summed E-state index contributed by atoms with van der Waals surface area (Å²) in [6.07, 6.45) is 1.91. The monoisotopic (exact) mass is 297 g/mol. The second-order valence-corrected chi connectivity index (χ2v) is 6.80. The zero-order valence-electron chi connectivity index (χ0n) is 12.2. The average Bonchev–Trinajstić information content (AvgIpc) is 2.44.